The van der Waals surface area contributed by atoms with Gasteiger partial charge in [0.05, 0.1) is 18.3 Å². The first-order chi connectivity index (χ1) is 14.4. The van der Waals surface area contributed by atoms with E-state index in [1.165, 1.54) is 22.3 Å². The lowest BCUT2D eigenvalue weighted by Gasteiger charge is -2.33. The molecule has 0 radical (unpaired) electrons. The number of rotatable bonds is 4. The molecule has 30 heavy (non-hydrogen) atoms. The molecule has 4 rings (SSSR count). The van der Waals surface area contributed by atoms with E-state index in [9.17, 15) is 4.79 Å². The van der Waals surface area contributed by atoms with Gasteiger partial charge in [-0.15, -0.1) is 0 Å². The van der Waals surface area contributed by atoms with Gasteiger partial charge in [-0.1, -0.05) is 42.0 Å². The maximum Gasteiger partial charge on any atom is 0.257 e. The van der Waals surface area contributed by atoms with Gasteiger partial charge in [0.2, 0.25) is 0 Å². The van der Waals surface area contributed by atoms with Crippen molar-refractivity contribution in [2.45, 2.75) is 33.2 Å². The zero-order chi connectivity index (χ0) is 21.3. The highest BCUT2D eigenvalue weighted by Crippen LogP contribution is 2.35. The average Bonchev–Trinajstić information content (AvgIpc) is 3.17. The molecule has 5 nitrogen and oxygen atoms in total. The van der Waals surface area contributed by atoms with Gasteiger partial charge in [-0.3, -0.25) is 9.69 Å². The third-order valence-electron chi connectivity index (χ3n) is 6.37. The summed E-state index contributed by atoms with van der Waals surface area (Å²) in [5, 5.41) is 6.66. The van der Waals surface area contributed by atoms with Crippen LogP contribution in [0.2, 0.25) is 0 Å². The molecule has 0 aliphatic carbocycles. The van der Waals surface area contributed by atoms with Crippen molar-refractivity contribution < 1.29 is 4.79 Å². The predicted octanol–water partition coefficient (Wildman–Crippen LogP) is 3.54. The Bertz CT molecular complexity index is 959. The number of benzene rings is 2. The van der Waals surface area contributed by atoms with E-state index < -0.39 is 0 Å². The average molecular weight is 405 g/mol. The Morgan fingerprint density at radius 3 is 2.47 bits per heavy atom. The molecular weight excluding hydrogens is 372 g/mol. The lowest BCUT2D eigenvalue weighted by atomic mass is 9.93. The zero-order valence-electron chi connectivity index (χ0n) is 18.6. The second-order valence-corrected chi connectivity index (χ2v) is 8.76. The topological polar surface area (TPSA) is 39.2 Å². The third kappa shape index (κ3) is 4.32. The molecule has 1 fully saturated rings. The summed E-state index contributed by atoms with van der Waals surface area (Å²) in [7, 11) is 2.13. The third-order valence-corrected chi connectivity index (χ3v) is 6.37. The minimum Gasteiger partial charge on any atom is -0.304 e. The summed E-state index contributed by atoms with van der Waals surface area (Å²) in [6, 6.07) is 14.8. The molecule has 1 saturated heterocycles. The summed E-state index contributed by atoms with van der Waals surface area (Å²) < 4.78 is 0. The Morgan fingerprint density at radius 2 is 1.73 bits per heavy atom. The van der Waals surface area contributed by atoms with Crippen LogP contribution in [0.15, 0.2) is 47.6 Å². The summed E-state index contributed by atoms with van der Waals surface area (Å²) in [4.78, 5) is 17.9. The largest absolute Gasteiger partial charge is 0.304 e. The van der Waals surface area contributed by atoms with Crippen LogP contribution in [-0.2, 0) is 4.79 Å². The Labute approximate surface area is 180 Å². The van der Waals surface area contributed by atoms with E-state index in [4.69, 9.17) is 5.10 Å². The van der Waals surface area contributed by atoms with Crippen molar-refractivity contribution in [1.29, 1.82) is 0 Å². The van der Waals surface area contributed by atoms with Crippen molar-refractivity contribution in [3.05, 3.63) is 70.3 Å². The standard InChI is InChI=1S/C25H32N4O/c1-18-9-10-20(3)22(15-18)23-16-24(21-8-6-5-7-19(21)2)29(26-23)25(30)17-28-13-11-27(4)12-14-28/h5-10,15,24H,11-14,16-17H2,1-4H3/t24-/m0/s1. The number of hydrogen-bond donors (Lipinski definition) is 0. The second kappa shape index (κ2) is 8.70. The number of amides is 1. The molecule has 2 aromatic carbocycles. The molecule has 2 heterocycles. The van der Waals surface area contributed by atoms with Crippen molar-refractivity contribution in [2.24, 2.45) is 5.10 Å². The molecule has 1 amide bonds. The molecule has 0 N–H and O–H groups in total. The monoisotopic (exact) mass is 404 g/mol. The normalized spacial score (nSPS) is 20.5. The summed E-state index contributed by atoms with van der Waals surface area (Å²) in [6.07, 6.45) is 0.754. The Hall–Kier alpha value is -2.50. The molecule has 0 saturated carbocycles. The molecule has 158 valence electrons. The highest BCUT2D eigenvalue weighted by atomic mass is 16.2. The molecule has 0 spiro atoms. The van der Waals surface area contributed by atoms with Crippen molar-refractivity contribution >= 4 is 11.6 Å². The van der Waals surface area contributed by atoms with Gasteiger partial charge >= 0.3 is 0 Å². The van der Waals surface area contributed by atoms with Gasteiger partial charge in [-0.2, -0.15) is 5.10 Å². The fourth-order valence-electron chi connectivity index (χ4n) is 4.42. The highest BCUT2D eigenvalue weighted by Gasteiger charge is 2.35. The minimum absolute atomic E-state index is 0.0407. The van der Waals surface area contributed by atoms with E-state index in [1.54, 1.807) is 5.01 Å². The van der Waals surface area contributed by atoms with E-state index in [2.05, 4.69) is 80.1 Å². The van der Waals surface area contributed by atoms with E-state index in [0.29, 0.717) is 6.54 Å². The van der Waals surface area contributed by atoms with E-state index in [0.717, 1.165) is 43.9 Å². The Balaban J connectivity index is 1.63. The molecular formula is C25H32N4O. The number of carbonyl (C=O) groups excluding carboxylic acids is 1. The van der Waals surface area contributed by atoms with Crippen LogP contribution in [0.1, 0.15) is 40.3 Å². The summed E-state index contributed by atoms with van der Waals surface area (Å²) in [6.45, 7) is 10.6. The lowest BCUT2D eigenvalue weighted by molar-refractivity contribution is -0.134. The van der Waals surface area contributed by atoms with E-state index >= 15 is 0 Å². The predicted molar refractivity (Wildman–Crippen MR) is 122 cm³/mol. The van der Waals surface area contributed by atoms with Gasteiger partial charge in [0.15, 0.2) is 0 Å². The van der Waals surface area contributed by atoms with Gasteiger partial charge in [0, 0.05) is 38.2 Å². The minimum atomic E-state index is -0.0407. The van der Waals surface area contributed by atoms with Gasteiger partial charge in [-0.05, 0) is 50.6 Å². The molecule has 0 unspecified atom stereocenters. The quantitative estimate of drug-likeness (QED) is 0.783. The molecule has 2 aromatic rings. The lowest BCUT2D eigenvalue weighted by Crippen LogP contribution is -2.48. The SMILES string of the molecule is Cc1ccc(C)c(C2=NN(C(=O)CN3CCN(C)CC3)[C@H](c3ccccc3C)C2)c1. The molecule has 1 atom stereocenters. The number of hydrogen-bond acceptors (Lipinski definition) is 4. The van der Waals surface area contributed by atoms with Crippen LogP contribution in [0, 0.1) is 20.8 Å². The molecule has 0 bridgehead atoms. The van der Waals surface area contributed by atoms with Crippen LogP contribution in [0.25, 0.3) is 0 Å². The number of likely N-dealkylation sites (N-methyl/N-ethyl adjacent to an activating group) is 1. The first-order valence-corrected chi connectivity index (χ1v) is 10.9. The maximum absolute atomic E-state index is 13.4. The summed E-state index contributed by atoms with van der Waals surface area (Å²) in [5.41, 5.74) is 6.98. The zero-order valence-corrected chi connectivity index (χ0v) is 18.6. The van der Waals surface area contributed by atoms with E-state index in [1.807, 2.05) is 0 Å². The van der Waals surface area contributed by atoms with E-state index in [-0.39, 0.29) is 11.9 Å². The number of aryl methyl sites for hydroxylation is 3. The number of hydrazone groups is 1. The van der Waals surface area contributed by atoms with Crippen LogP contribution in [0.4, 0.5) is 0 Å². The van der Waals surface area contributed by atoms with Crippen LogP contribution in [0.3, 0.4) is 0 Å². The van der Waals surface area contributed by atoms with Gasteiger partial charge < -0.3 is 4.90 Å². The van der Waals surface area contributed by atoms with Crippen molar-refractivity contribution in [3.8, 4) is 0 Å². The number of piperazine rings is 1. The molecule has 2 aliphatic rings. The fraction of sp³-hybridized carbons (Fsp3) is 0.440. The first kappa shape index (κ1) is 20.8. The van der Waals surface area contributed by atoms with Crippen molar-refractivity contribution in [1.82, 2.24) is 14.8 Å². The molecule has 5 heteroatoms. The van der Waals surface area contributed by atoms with Crippen LogP contribution in [-0.4, -0.2) is 66.2 Å². The first-order valence-electron chi connectivity index (χ1n) is 10.9. The molecule has 2 aliphatic heterocycles. The van der Waals surface area contributed by atoms with Gasteiger partial charge in [0.1, 0.15) is 0 Å². The van der Waals surface area contributed by atoms with Crippen molar-refractivity contribution in [2.75, 3.05) is 39.8 Å². The van der Waals surface area contributed by atoms with Crippen LogP contribution >= 0.6 is 0 Å². The number of nitrogens with zero attached hydrogens (tertiary/aromatic N) is 4. The fourth-order valence-corrected chi connectivity index (χ4v) is 4.42. The number of carbonyl (C=O) groups is 1. The summed E-state index contributed by atoms with van der Waals surface area (Å²) in [5.74, 6) is 0.0908. The van der Waals surface area contributed by atoms with Gasteiger partial charge in [-0.25, -0.2) is 5.01 Å². The Morgan fingerprint density at radius 1 is 1.00 bits per heavy atom. The Kier molecular flexibility index (Phi) is 6.02. The maximum atomic E-state index is 13.4. The highest BCUT2D eigenvalue weighted by molar-refractivity contribution is 6.04. The van der Waals surface area contributed by atoms with Crippen LogP contribution < -0.4 is 0 Å². The summed E-state index contributed by atoms with van der Waals surface area (Å²) >= 11 is 0. The van der Waals surface area contributed by atoms with Crippen LogP contribution in [0.5, 0.6) is 0 Å². The molecule has 0 aromatic heterocycles. The van der Waals surface area contributed by atoms with Crippen molar-refractivity contribution in [3.63, 3.8) is 0 Å². The second-order valence-electron chi connectivity index (χ2n) is 8.76. The smallest absolute Gasteiger partial charge is 0.257 e. The van der Waals surface area contributed by atoms with Gasteiger partial charge in [0.25, 0.3) is 5.91 Å².